The number of piperidine rings is 1. The zero-order chi connectivity index (χ0) is 25.2. The number of urea groups is 1. The quantitative estimate of drug-likeness (QED) is 0.655. The number of carbonyl (C=O) groups excluding carboxylic acids is 2. The fourth-order valence-corrected chi connectivity index (χ4v) is 4.57. The van der Waals surface area contributed by atoms with Crippen LogP contribution in [0.4, 0.5) is 35.0 Å². The highest BCUT2D eigenvalue weighted by Gasteiger charge is 2.32. The fourth-order valence-electron chi connectivity index (χ4n) is 4.57. The van der Waals surface area contributed by atoms with Gasteiger partial charge in [0.1, 0.15) is 6.04 Å². The summed E-state index contributed by atoms with van der Waals surface area (Å²) < 4.78 is 43.9. The van der Waals surface area contributed by atoms with Gasteiger partial charge in [-0.1, -0.05) is 0 Å². The van der Waals surface area contributed by atoms with Crippen molar-refractivity contribution in [3.05, 3.63) is 54.1 Å². The summed E-state index contributed by atoms with van der Waals surface area (Å²) in [5, 5.41) is 5.14. The van der Waals surface area contributed by atoms with E-state index in [-0.39, 0.29) is 23.8 Å². The number of anilines is 3. The molecule has 3 atom stereocenters. The average molecular weight is 491 g/mol. The molecule has 2 aromatic rings. The summed E-state index contributed by atoms with van der Waals surface area (Å²) >= 11 is 0. The maximum atomic E-state index is 13.1. The molecule has 0 radical (unpaired) electrons. The molecular weight excluding hydrogens is 461 g/mol. The molecule has 188 valence electrons. The normalized spacial score (nSPS) is 23.2. The summed E-state index contributed by atoms with van der Waals surface area (Å²) in [4.78, 5) is 29.4. The molecule has 0 aromatic heterocycles. The number of hydrogen-bond acceptors (Lipinski definition) is 4. The van der Waals surface area contributed by atoms with Gasteiger partial charge in [-0.2, -0.15) is 13.2 Å². The van der Waals surface area contributed by atoms with Crippen LogP contribution in [0, 0.1) is 0 Å². The van der Waals surface area contributed by atoms with Crippen LogP contribution < -0.4 is 20.4 Å². The number of ether oxygens (including phenoxy) is 1. The van der Waals surface area contributed by atoms with E-state index in [2.05, 4.69) is 15.5 Å². The van der Waals surface area contributed by atoms with E-state index in [1.54, 1.807) is 4.90 Å². The lowest BCUT2D eigenvalue weighted by Gasteiger charge is -2.37. The summed E-state index contributed by atoms with van der Waals surface area (Å²) in [6.45, 7) is 6.23. The van der Waals surface area contributed by atoms with Crippen molar-refractivity contribution < 1.29 is 27.5 Å². The fraction of sp³-hybridized carbons (Fsp3) is 0.440. The summed E-state index contributed by atoms with van der Waals surface area (Å²) in [6.07, 6.45) is -2.98. The van der Waals surface area contributed by atoms with Crippen molar-refractivity contribution in [2.45, 2.75) is 51.1 Å². The molecule has 10 heteroatoms. The predicted molar refractivity (Wildman–Crippen MR) is 128 cm³/mol. The van der Waals surface area contributed by atoms with E-state index in [0.29, 0.717) is 19.4 Å². The number of nitrogens with one attached hydrogen (secondary N) is 2. The lowest BCUT2D eigenvalue weighted by atomic mass is 10.0. The Morgan fingerprint density at radius 3 is 2.17 bits per heavy atom. The molecule has 2 saturated heterocycles. The van der Waals surface area contributed by atoms with E-state index in [9.17, 15) is 22.8 Å². The van der Waals surface area contributed by atoms with E-state index in [1.165, 1.54) is 12.1 Å². The molecule has 3 amide bonds. The zero-order valence-electron chi connectivity index (χ0n) is 19.6. The average Bonchev–Trinajstić information content (AvgIpc) is 2.80. The van der Waals surface area contributed by atoms with Gasteiger partial charge in [-0.3, -0.25) is 4.79 Å². The van der Waals surface area contributed by atoms with Gasteiger partial charge in [-0.15, -0.1) is 0 Å². The van der Waals surface area contributed by atoms with Gasteiger partial charge in [-0.05, 0) is 75.2 Å². The van der Waals surface area contributed by atoms with Crippen LogP contribution >= 0.6 is 0 Å². The monoisotopic (exact) mass is 490 g/mol. The Morgan fingerprint density at radius 2 is 1.57 bits per heavy atom. The van der Waals surface area contributed by atoms with Gasteiger partial charge in [0.05, 0.1) is 17.8 Å². The molecule has 2 aromatic carbocycles. The third-order valence-electron chi connectivity index (χ3n) is 6.16. The summed E-state index contributed by atoms with van der Waals surface area (Å²) in [5.41, 5.74) is 1.22. The Bertz CT molecular complexity index is 1030. The van der Waals surface area contributed by atoms with Crippen molar-refractivity contribution in [1.29, 1.82) is 0 Å². The Balaban J connectivity index is 1.36. The van der Waals surface area contributed by atoms with Crippen molar-refractivity contribution in [3.8, 4) is 0 Å². The molecular formula is C25H29F3N4O3. The van der Waals surface area contributed by atoms with Crippen LogP contribution in [0.15, 0.2) is 48.5 Å². The highest BCUT2D eigenvalue weighted by atomic mass is 19.4. The standard InChI is InChI=1S/C25H29F3N4O3/c1-16-14-31(15-17(2)35-16)20-9-11-21(12-10-20)32-13-3-4-22(23(32)33)30-24(34)29-19-7-5-18(6-8-19)25(26,27)28/h5-12,16-17,22H,3-4,13-15H2,1-2H3,(H2,29,30,34)/t16-,17+,22-/m1/s1. The Hall–Kier alpha value is -3.27. The maximum absolute atomic E-state index is 13.1. The minimum atomic E-state index is -4.45. The van der Waals surface area contributed by atoms with Crippen molar-refractivity contribution in [1.82, 2.24) is 5.32 Å². The van der Waals surface area contributed by atoms with Gasteiger partial charge >= 0.3 is 12.2 Å². The third kappa shape index (κ3) is 6.05. The van der Waals surface area contributed by atoms with Crippen LogP contribution in [-0.2, 0) is 15.7 Å². The molecule has 2 heterocycles. The molecule has 0 saturated carbocycles. The van der Waals surface area contributed by atoms with Crippen molar-refractivity contribution in [2.75, 3.05) is 34.8 Å². The number of nitrogens with zero attached hydrogens (tertiary/aromatic N) is 2. The molecule has 2 aliphatic rings. The molecule has 0 bridgehead atoms. The summed E-state index contributed by atoms with van der Waals surface area (Å²) in [5.74, 6) is -0.222. The highest BCUT2D eigenvalue weighted by molar-refractivity contribution is 6.01. The highest BCUT2D eigenvalue weighted by Crippen LogP contribution is 2.30. The first-order valence-corrected chi connectivity index (χ1v) is 11.7. The molecule has 0 spiro atoms. The van der Waals surface area contributed by atoms with Crippen molar-refractivity contribution in [2.24, 2.45) is 0 Å². The van der Waals surface area contributed by atoms with Crippen LogP contribution in [0.5, 0.6) is 0 Å². The van der Waals surface area contributed by atoms with Crippen molar-refractivity contribution in [3.63, 3.8) is 0 Å². The maximum Gasteiger partial charge on any atom is 0.416 e. The summed E-state index contributed by atoms with van der Waals surface area (Å²) in [6, 6.07) is 10.6. The molecule has 2 aliphatic heterocycles. The van der Waals surface area contributed by atoms with E-state index in [1.807, 2.05) is 38.1 Å². The molecule has 4 rings (SSSR count). The lowest BCUT2D eigenvalue weighted by Crippen LogP contribution is -2.53. The van der Waals surface area contributed by atoms with Crippen LogP contribution in [0.25, 0.3) is 0 Å². The molecule has 7 nitrogen and oxygen atoms in total. The van der Waals surface area contributed by atoms with Crippen LogP contribution in [0.1, 0.15) is 32.3 Å². The Labute approximate surface area is 202 Å². The first kappa shape index (κ1) is 24.8. The first-order chi connectivity index (χ1) is 16.6. The third-order valence-corrected chi connectivity index (χ3v) is 6.16. The van der Waals surface area contributed by atoms with Crippen LogP contribution in [-0.4, -0.2) is 49.8 Å². The predicted octanol–water partition coefficient (Wildman–Crippen LogP) is 4.64. The van der Waals surface area contributed by atoms with E-state index in [4.69, 9.17) is 4.74 Å². The van der Waals surface area contributed by atoms with E-state index in [0.717, 1.165) is 36.6 Å². The Morgan fingerprint density at radius 1 is 0.971 bits per heavy atom. The lowest BCUT2D eigenvalue weighted by molar-refractivity contribution is -0.137. The van der Waals surface area contributed by atoms with Crippen molar-refractivity contribution >= 4 is 29.0 Å². The molecule has 0 aliphatic carbocycles. The number of benzene rings is 2. The first-order valence-electron chi connectivity index (χ1n) is 11.7. The van der Waals surface area contributed by atoms with E-state index >= 15 is 0 Å². The van der Waals surface area contributed by atoms with Gasteiger partial charge in [0.2, 0.25) is 5.91 Å². The van der Waals surface area contributed by atoms with Gasteiger partial charge in [0, 0.05) is 36.7 Å². The summed E-state index contributed by atoms with van der Waals surface area (Å²) in [7, 11) is 0. The SMILES string of the molecule is C[C@@H]1CN(c2ccc(N3CCC[C@@H](NC(=O)Nc4ccc(C(F)(F)F)cc4)C3=O)cc2)C[C@H](C)O1. The minimum absolute atomic E-state index is 0.141. The van der Waals surface area contributed by atoms with Crippen LogP contribution in [0.2, 0.25) is 0 Å². The second kappa shape index (κ2) is 10.2. The number of carbonyl (C=O) groups is 2. The molecule has 2 N–H and O–H groups in total. The number of hydrogen-bond donors (Lipinski definition) is 2. The number of rotatable bonds is 4. The Kier molecular flexibility index (Phi) is 7.20. The molecule has 2 fully saturated rings. The van der Waals surface area contributed by atoms with Gasteiger partial charge in [0.15, 0.2) is 0 Å². The smallest absolute Gasteiger partial charge is 0.372 e. The number of halogens is 3. The zero-order valence-corrected chi connectivity index (χ0v) is 19.6. The van der Waals surface area contributed by atoms with Crippen LogP contribution in [0.3, 0.4) is 0 Å². The largest absolute Gasteiger partial charge is 0.416 e. The molecule has 0 unspecified atom stereocenters. The van der Waals surface area contributed by atoms with Gasteiger partial charge in [-0.25, -0.2) is 4.79 Å². The molecule has 35 heavy (non-hydrogen) atoms. The topological polar surface area (TPSA) is 73.9 Å². The number of morpholine rings is 1. The number of amides is 3. The number of alkyl halides is 3. The van der Waals surface area contributed by atoms with E-state index < -0.39 is 23.8 Å². The second-order valence-corrected chi connectivity index (χ2v) is 9.04. The minimum Gasteiger partial charge on any atom is -0.372 e. The van der Waals surface area contributed by atoms with Gasteiger partial charge in [0.25, 0.3) is 0 Å². The van der Waals surface area contributed by atoms with Gasteiger partial charge < -0.3 is 25.2 Å². The second-order valence-electron chi connectivity index (χ2n) is 9.04.